The van der Waals surface area contributed by atoms with Crippen molar-refractivity contribution in [3.63, 3.8) is 0 Å². The molecule has 2 heterocycles. The van der Waals surface area contributed by atoms with Crippen LogP contribution < -0.4 is 9.80 Å². The van der Waals surface area contributed by atoms with Gasteiger partial charge in [-0.3, -0.25) is 0 Å². The number of benzene rings is 12. The van der Waals surface area contributed by atoms with Crippen LogP contribution in [-0.2, 0) is 5.41 Å². The molecule has 1 spiro atoms. The average molecular weight is 963 g/mol. The Morgan fingerprint density at radius 3 is 1.11 bits per heavy atom. The monoisotopic (exact) mass is 962 g/mol. The highest BCUT2D eigenvalue weighted by atomic mass is 32.1. The van der Waals surface area contributed by atoms with E-state index in [1.807, 2.05) is 22.7 Å². The van der Waals surface area contributed by atoms with Gasteiger partial charge in [0.05, 0.1) is 5.41 Å². The summed E-state index contributed by atoms with van der Waals surface area (Å²) in [5.41, 5.74) is 16.8. The molecule has 0 amide bonds. The van der Waals surface area contributed by atoms with Crippen molar-refractivity contribution in [1.82, 2.24) is 0 Å². The van der Waals surface area contributed by atoms with E-state index >= 15 is 0 Å². The molecule has 0 fully saturated rings. The minimum atomic E-state index is -0.561. The largest absolute Gasteiger partial charge is 0.310 e. The van der Waals surface area contributed by atoms with Gasteiger partial charge in [0, 0.05) is 74.5 Å². The maximum absolute atomic E-state index is 2.42. The van der Waals surface area contributed by atoms with Crippen molar-refractivity contribution in [3.8, 4) is 22.3 Å². The summed E-state index contributed by atoms with van der Waals surface area (Å²) in [6.07, 6.45) is 0. The fourth-order valence-electron chi connectivity index (χ4n) is 12.8. The van der Waals surface area contributed by atoms with Crippen LogP contribution in [0.25, 0.3) is 84.1 Å². The molecule has 0 bridgehead atoms. The topological polar surface area (TPSA) is 6.48 Å². The fourth-order valence-corrected chi connectivity index (χ4v) is 15.0. The van der Waals surface area contributed by atoms with E-state index in [0.29, 0.717) is 0 Å². The van der Waals surface area contributed by atoms with Gasteiger partial charge in [-0.2, -0.15) is 0 Å². The van der Waals surface area contributed by atoms with Crippen LogP contribution in [0.15, 0.2) is 255 Å². The normalized spacial score (nSPS) is 13.0. The summed E-state index contributed by atoms with van der Waals surface area (Å²) in [6, 6.07) is 95.5. The number of rotatable bonds is 6. The highest BCUT2D eigenvalue weighted by molar-refractivity contribution is 7.26. The van der Waals surface area contributed by atoms with Crippen LogP contribution in [0.1, 0.15) is 22.3 Å². The van der Waals surface area contributed by atoms with E-state index in [0.717, 1.165) is 34.1 Å². The van der Waals surface area contributed by atoms with Gasteiger partial charge >= 0.3 is 0 Å². The Labute approximate surface area is 430 Å². The van der Waals surface area contributed by atoms with E-state index in [-0.39, 0.29) is 0 Å². The maximum atomic E-state index is 2.42. The number of anilines is 6. The number of hydrogen-bond donors (Lipinski definition) is 0. The quantitative estimate of drug-likeness (QED) is 0.164. The first-order chi connectivity index (χ1) is 36.2. The molecule has 2 nitrogen and oxygen atoms in total. The smallest absolute Gasteiger partial charge is 0.0737 e. The summed E-state index contributed by atoms with van der Waals surface area (Å²) in [5, 5.41) is 10.2. The summed E-state index contributed by atoms with van der Waals surface area (Å²) in [5.74, 6) is 0. The number of fused-ring (bicyclic) bond motifs is 20. The van der Waals surface area contributed by atoms with Gasteiger partial charge in [-0.25, -0.2) is 0 Å². The van der Waals surface area contributed by atoms with Gasteiger partial charge in [-0.15, -0.1) is 22.7 Å². The molecule has 0 unspecified atom stereocenters. The van der Waals surface area contributed by atoms with Crippen LogP contribution in [0.2, 0.25) is 0 Å². The van der Waals surface area contributed by atoms with E-state index in [2.05, 4.69) is 265 Å². The molecule has 4 heteroatoms. The van der Waals surface area contributed by atoms with E-state index in [4.69, 9.17) is 0 Å². The molecular weight excluding hydrogens is 921 g/mol. The zero-order chi connectivity index (χ0) is 47.8. The molecule has 14 aromatic rings. The van der Waals surface area contributed by atoms with Gasteiger partial charge in [0.1, 0.15) is 0 Å². The van der Waals surface area contributed by atoms with Crippen LogP contribution >= 0.6 is 22.7 Å². The van der Waals surface area contributed by atoms with Gasteiger partial charge in [0.2, 0.25) is 0 Å². The van der Waals surface area contributed by atoms with Crippen LogP contribution in [0.4, 0.5) is 34.1 Å². The molecular formula is C69H42N2S2. The molecule has 73 heavy (non-hydrogen) atoms. The van der Waals surface area contributed by atoms with Gasteiger partial charge in [-0.1, -0.05) is 158 Å². The first-order valence-electron chi connectivity index (χ1n) is 25.1. The Balaban J connectivity index is 0.909. The van der Waals surface area contributed by atoms with Crippen molar-refractivity contribution in [3.05, 3.63) is 277 Å². The van der Waals surface area contributed by atoms with Crippen molar-refractivity contribution in [2.45, 2.75) is 5.41 Å². The van der Waals surface area contributed by atoms with E-state index in [9.17, 15) is 0 Å². The Kier molecular flexibility index (Phi) is 8.74. The van der Waals surface area contributed by atoms with Crippen LogP contribution in [-0.4, -0.2) is 0 Å². The van der Waals surface area contributed by atoms with Crippen LogP contribution in [0, 0.1) is 0 Å². The number of thiophene rings is 2. The summed E-state index contributed by atoms with van der Waals surface area (Å²) in [7, 11) is 0. The van der Waals surface area contributed by atoms with E-state index in [1.165, 1.54) is 106 Å². The Morgan fingerprint density at radius 1 is 0.247 bits per heavy atom. The van der Waals surface area contributed by atoms with Crippen LogP contribution in [0.3, 0.4) is 0 Å². The summed E-state index contributed by atoms with van der Waals surface area (Å²) < 4.78 is 5.23. The minimum absolute atomic E-state index is 0.561. The Hall–Kier alpha value is -8.80. The molecule has 0 N–H and O–H groups in total. The van der Waals surface area contributed by atoms with Gasteiger partial charge in [-0.05, 0) is 163 Å². The maximum Gasteiger partial charge on any atom is 0.0737 e. The molecule has 0 aliphatic heterocycles. The molecule has 2 aliphatic carbocycles. The van der Waals surface area contributed by atoms with Crippen molar-refractivity contribution < 1.29 is 0 Å². The number of para-hydroxylation sites is 2. The number of hydrogen-bond acceptors (Lipinski definition) is 4. The van der Waals surface area contributed by atoms with Crippen molar-refractivity contribution in [2.24, 2.45) is 0 Å². The lowest BCUT2D eigenvalue weighted by Gasteiger charge is -2.33. The van der Waals surface area contributed by atoms with Crippen molar-refractivity contribution in [1.29, 1.82) is 0 Å². The predicted octanol–water partition coefficient (Wildman–Crippen LogP) is 20.0. The predicted molar refractivity (Wildman–Crippen MR) is 313 cm³/mol. The molecule has 12 aromatic carbocycles. The van der Waals surface area contributed by atoms with Crippen LogP contribution in [0.5, 0.6) is 0 Å². The second-order valence-corrected chi connectivity index (χ2v) is 21.7. The van der Waals surface area contributed by atoms with E-state index in [1.54, 1.807) is 0 Å². The lowest BCUT2D eigenvalue weighted by atomic mass is 9.68. The highest BCUT2D eigenvalue weighted by Gasteiger charge is 2.53. The molecule has 340 valence electrons. The van der Waals surface area contributed by atoms with Gasteiger partial charge < -0.3 is 9.80 Å². The number of nitrogens with zero attached hydrogens (tertiary/aromatic N) is 2. The van der Waals surface area contributed by atoms with Crippen molar-refractivity contribution in [2.75, 3.05) is 9.80 Å². The molecule has 0 saturated heterocycles. The third kappa shape index (κ3) is 5.85. The summed E-state index contributed by atoms with van der Waals surface area (Å²) >= 11 is 3.72. The highest BCUT2D eigenvalue weighted by Crippen LogP contribution is 2.65. The lowest BCUT2D eigenvalue weighted by molar-refractivity contribution is 0.809. The first kappa shape index (κ1) is 40.9. The van der Waals surface area contributed by atoms with E-state index < -0.39 is 5.41 Å². The standard InChI is InChI=1S/C69H42N2S2/c1-3-15-45(16-4-1)70(49-31-37-65-59(41-49)55-21-9-13-25-63(55)72-65)47-29-35-51-43(39-47)27-33-57-58-34-28-44-40-48(71(46-17-5-2-6-18-46)50-32-38-66-60(42-50)56-22-10-14-26-64(56)73-66)30-36-52(44)68(58)69(67(51)57)61-23-11-7-19-53(61)54-20-8-12-24-62(54)69/h1-42H. The summed E-state index contributed by atoms with van der Waals surface area (Å²) in [4.78, 5) is 4.85. The van der Waals surface area contributed by atoms with Crippen molar-refractivity contribution >= 4 is 119 Å². The second kappa shape index (κ2) is 15.6. The molecule has 0 atom stereocenters. The minimum Gasteiger partial charge on any atom is -0.310 e. The zero-order valence-corrected chi connectivity index (χ0v) is 41.1. The first-order valence-corrected chi connectivity index (χ1v) is 26.7. The van der Waals surface area contributed by atoms with Gasteiger partial charge in [0.15, 0.2) is 0 Å². The molecule has 2 aromatic heterocycles. The lowest BCUT2D eigenvalue weighted by Crippen LogP contribution is -2.26. The SMILES string of the molecule is c1ccc(N(c2ccc3c4c(ccc3c2)-c2ccc3cc(N(c5ccccc5)c5ccc6sc7ccccc7c6c5)ccc3c2C42c3ccccc3-c3ccccc32)c2ccc3sc4ccccc4c3c2)cc1. The fraction of sp³-hybridized carbons (Fsp3) is 0.0145. The Bertz CT molecular complexity index is 4290. The van der Waals surface area contributed by atoms with Gasteiger partial charge in [0.25, 0.3) is 0 Å². The molecule has 0 radical (unpaired) electrons. The molecule has 0 saturated carbocycles. The molecule has 2 aliphatic rings. The zero-order valence-electron chi connectivity index (χ0n) is 39.5. The third-order valence-electron chi connectivity index (χ3n) is 15.8. The second-order valence-electron chi connectivity index (χ2n) is 19.5. The molecule has 16 rings (SSSR count). The summed E-state index contributed by atoms with van der Waals surface area (Å²) in [6.45, 7) is 0. The Morgan fingerprint density at radius 2 is 0.630 bits per heavy atom. The average Bonchev–Trinajstić information content (AvgIpc) is 4.28. The third-order valence-corrected chi connectivity index (χ3v) is 18.1.